The Morgan fingerprint density at radius 3 is 2.24 bits per heavy atom. The van der Waals surface area contributed by atoms with Gasteiger partial charge in [-0.15, -0.1) is 0 Å². The van der Waals surface area contributed by atoms with Gasteiger partial charge >= 0.3 is 5.97 Å². The van der Waals surface area contributed by atoms with Crippen LogP contribution < -0.4 is 38.9 Å². The summed E-state index contributed by atoms with van der Waals surface area (Å²) in [5.41, 5.74) is 23.9. The number of aromatic nitrogens is 1. The first-order valence-electron chi connectivity index (χ1n) is 13.6. The number of carboxylic acid groups (broad SMARTS) is 1. The Hall–Kier alpha value is -4.66. The molecule has 0 spiro atoms. The summed E-state index contributed by atoms with van der Waals surface area (Å²) >= 11 is 0. The first-order chi connectivity index (χ1) is 19.8. The van der Waals surface area contributed by atoms with Crippen molar-refractivity contribution in [2.75, 3.05) is 6.54 Å². The van der Waals surface area contributed by atoms with Crippen LogP contribution in [0.3, 0.4) is 0 Å². The second-order valence-corrected chi connectivity index (χ2v) is 10.1. The molecule has 0 fully saturated rings. The lowest BCUT2D eigenvalue weighted by molar-refractivity contribution is -0.144. The number of fused-ring (bicyclic) bond motifs is 1. The molecule has 0 aliphatic heterocycles. The molecule has 0 bridgehead atoms. The number of nitrogens with two attached hydrogens (primary N) is 4. The van der Waals surface area contributed by atoms with E-state index in [0.29, 0.717) is 6.42 Å². The summed E-state index contributed by atoms with van der Waals surface area (Å²) in [5, 5.41) is 17.8. The molecule has 5 atom stereocenters. The van der Waals surface area contributed by atoms with E-state index in [1.807, 2.05) is 24.3 Å². The largest absolute Gasteiger partial charge is 0.480 e. The normalized spacial score (nSPS) is 14.5. The maximum atomic E-state index is 13.3. The zero-order chi connectivity index (χ0) is 31.4. The molecular formula is C27H41N9O6. The van der Waals surface area contributed by atoms with Gasteiger partial charge in [0.1, 0.15) is 18.1 Å². The second-order valence-electron chi connectivity index (χ2n) is 10.1. The number of aliphatic carboxylic acids is 1. The van der Waals surface area contributed by atoms with Crippen molar-refractivity contribution in [3.05, 3.63) is 36.0 Å². The van der Waals surface area contributed by atoms with Gasteiger partial charge in [-0.2, -0.15) is 0 Å². The molecule has 0 radical (unpaired) electrons. The summed E-state index contributed by atoms with van der Waals surface area (Å²) in [6.45, 7) is 3.56. The fraction of sp³-hybridized carbons (Fsp3) is 0.481. The van der Waals surface area contributed by atoms with Gasteiger partial charge in [0.25, 0.3) is 0 Å². The van der Waals surface area contributed by atoms with E-state index in [1.165, 1.54) is 0 Å². The summed E-state index contributed by atoms with van der Waals surface area (Å²) in [6, 6.07) is 2.57. The lowest BCUT2D eigenvalue weighted by Gasteiger charge is -2.26. The number of carboxylic acids is 1. The van der Waals surface area contributed by atoms with Crippen LogP contribution in [0.4, 0.5) is 0 Å². The molecule has 42 heavy (non-hydrogen) atoms. The van der Waals surface area contributed by atoms with E-state index < -0.39 is 66.1 Å². The number of benzene rings is 1. The molecular weight excluding hydrogens is 546 g/mol. The maximum Gasteiger partial charge on any atom is 0.326 e. The molecule has 1 aromatic heterocycles. The Morgan fingerprint density at radius 1 is 0.976 bits per heavy atom. The zero-order valence-corrected chi connectivity index (χ0v) is 23.8. The number of nitrogens with one attached hydrogen (secondary N) is 4. The molecule has 2 aromatic rings. The number of H-pyrrole nitrogens is 1. The highest BCUT2D eigenvalue weighted by Crippen LogP contribution is 2.19. The smallest absolute Gasteiger partial charge is 0.326 e. The van der Waals surface area contributed by atoms with Gasteiger partial charge in [-0.25, -0.2) is 4.79 Å². The molecule has 13 N–H and O–H groups in total. The Bertz CT molecular complexity index is 1290. The predicted molar refractivity (Wildman–Crippen MR) is 157 cm³/mol. The highest BCUT2D eigenvalue weighted by atomic mass is 16.4. The van der Waals surface area contributed by atoms with Crippen LogP contribution in [0.1, 0.15) is 45.1 Å². The number of carbonyl (C=O) groups excluding carboxylic acids is 4. The number of nitrogens with zero attached hydrogens (tertiary/aromatic N) is 1. The van der Waals surface area contributed by atoms with Crippen molar-refractivity contribution >= 4 is 46.5 Å². The number of para-hydroxylation sites is 1. The zero-order valence-electron chi connectivity index (χ0n) is 23.8. The van der Waals surface area contributed by atoms with E-state index in [0.717, 1.165) is 16.5 Å². The molecule has 0 saturated heterocycles. The SMILES string of the molecule is CCC(C)C(NC(=O)C(CC(N)=O)NC(=O)C(CCCN=C(N)N)NC(=O)C(N)Cc1c[nH]c2ccccc12)C(=O)O. The van der Waals surface area contributed by atoms with Gasteiger partial charge in [-0.3, -0.25) is 24.2 Å². The van der Waals surface area contributed by atoms with Crippen molar-refractivity contribution < 1.29 is 29.1 Å². The summed E-state index contributed by atoms with van der Waals surface area (Å²) in [6.07, 6.45) is 2.12. The van der Waals surface area contributed by atoms with Crippen LogP contribution in [0.2, 0.25) is 0 Å². The van der Waals surface area contributed by atoms with Crippen LogP contribution in [0.5, 0.6) is 0 Å². The monoisotopic (exact) mass is 587 g/mol. The average molecular weight is 588 g/mol. The minimum atomic E-state index is -1.49. The minimum Gasteiger partial charge on any atom is -0.480 e. The van der Waals surface area contributed by atoms with Gasteiger partial charge in [-0.1, -0.05) is 38.5 Å². The van der Waals surface area contributed by atoms with Gasteiger partial charge in [0.05, 0.1) is 12.5 Å². The number of primary amides is 1. The van der Waals surface area contributed by atoms with Gasteiger partial charge in [-0.05, 0) is 36.8 Å². The van der Waals surface area contributed by atoms with E-state index in [1.54, 1.807) is 20.0 Å². The standard InChI is InChI=1S/C27H41N9O6/c1-3-14(2)22(26(41)42)36-25(40)20(12-21(29)37)35-24(39)19(9-6-10-32-27(30)31)34-23(38)17(28)11-15-13-33-18-8-5-4-7-16(15)18/h4-5,7-8,13-14,17,19-20,22,33H,3,6,9-12,28H2,1-2H3,(H2,29,37)(H,34,38)(H,35,39)(H,36,40)(H,41,42)(H4,30,31,32). The minimum absolute atomic E-state index is 0.0592. The van der Waals surface area contributed by atoms with Gasteiger partial charge < -0.3 is 49.0 Å². The highest BCUT2D eigenvalue weighted by Gasteiger charge is 2.32. The number of aromatic amines is 1. The van der Waals surface area contributed by atoms with Crippen LogP contribution in [0.15, 0.2) is 35.5 Å². The number of rotatable bonds is 17. The number of amides is 4. The number of aliphatic imine (C=N–C) groups is 1. The topological polar surface area (TPSA) is 274 Å². The Labute approximate surface area is 243 Å². The molecule has 230 valence electrons. The predicted octanol–water partition coefficient (Wildman–Crippen LogP) is -1.45. The van der Waals surface area contributed by atoms with Gasteiger partial charge in [0, 0.05) is 23.6 Å². The first-order valence-corrected chi connectivity index (χ1v) is 13.6. The summed E-state index contributed by atoms with van der Waals surface area (Å²) in [4.78, 5) is 69.8. The van der Waals surface area contributed by atoms with E-state index in [2.05, 4.69) is 25.9 Å². The third-order valence-corrected chi connectivity index (χ3v) is 6.84. The van der Waals surface area contributed by atoms with Crippen LogP contribution >= 0.6 is 0 Å². The van der Waals surface area contributed by atoms with Crippen molar-refractivity contribution in [1.29, 1.82) is 0 Å². The highest BCUT2D eigenvalue weighted by molar-refractivity contribution is 5.96. The number of hydrogen-bond donors (Lipinski definition) is 9. The third-order valence-electron chi connectivity index (χ3n) is 6.84. The fourth-order valence-electron chi connectivity index (χ4n) is 4.30. The Morgan fingerprint density at radius 2 is 1.62 bits per heavy atom. The van der Waals surface area contributed by atoms with Gasteiger partial charge in [0.2, 0.25) is 23.6 Å². The summed E-state index contributed by atoms with van der Waals surface area (Å²) in [7, 11) is 0. The lowest BCUT2D eigenvalue weighted by Crippen LogP contribution is -2.58. The van der Waals surface area contributed by atoms with Crippen molar-refractivity contribution in [3.8, 4) is 0 Å². The van der Waals surface area contributed by atoms with Gasteiger partial charge in [0.15, 0.2) is 5.96 Å². The van der Waals surface area contributed by atoms with Crippen molar-refractivity contribution in [2.45, 2.75) is 70.1 Å². The summed E-state index contributed by atoms with van der Waals surface area (Å²) in [5.74, 6) is -5.08. The third kappa shape index (κ3) is 10.1. The second kappa shape index (κ2) is 16.0. The number of guanidine groups is 1. The number of hydrogen-bond acceptors (Lipinski definition) is 7. The molecule has 15 heteroatoms. The molecule has 4 amide bonds. The van der Waals surface area contributed by atoms with E-state index in [9.17, 15) is 29.1 Å². The number of carbonyl (C=O) groups is 5. The Balaban J connectivity index is 2.20. The lowest BCUT2D eigenvalue weighted by atomic mass is 9.98. The Kier molecular flexibility index (Phi) is 12.7. The molecule has 0 aliphatic rings. The van der Waals surface area contributed by atoms with Crippen molar-refractivity contribution in [3.63, 3.8) is 0 Å². The molecule has 2 rings (SSSR count). The van der Waals surface area contributed by atoms with E-state index >= 15 is 0 Å². The molecule has 1 heterocycles. The molecule has 1 aromatic carbocycles. The molecule has 5 unspecified atom stereocenters. The molecule has 15 nitrogen and oxygen atoms in total. The van der Waals surface area contributed by atoms with Crippen molar-refractivity contribution in [1.82, 2.24) is 20.9 Å². The summed E-state index contributed by atoms with van der Waals surface area (Å²) < 4.78 is 0. The first kappa shape index (κ1) is 33.5. The van der Waals surface area contributed by atoms with E-state index in [4.69, 9.17) is 22.9 Å². The van der Waals surface area contributed by atoms with Crippen LogP contribution in [-0.4, -0.2) is 76.4 Å². The van der Waals surface area contributed by atoms with Crippen LogP contribution in [0.25, 0.3) is 10.9 Å². The van der Waals surface area contributed by atoms with E-state index in [-0.39, 0.29) is 31.8 Å². The maximum absolute atomic E-state index is 13.3. The van der Waals surface area contributed by atoms with Crippen molar-refractivity contribution in [2.24, 2.45) is 33.8 Å². The molecule has 0 aliphatic carbocycles. The van der Waals surface area contributed by atoms with Crippen LogP contribution in [0, 0.1) is 5.92 Å². The average Bonchev–Trinajstić information content (AvgIpc) is 3.34. The quantitative estimate of drug-likeness (QED) is 0.0594. The van der Waals surface area contributed by atoms with Crippen LogP contribution in [-0.2, 0) is 30.4 Å². The fourth-order valence-corrected chi connectivity index (χ4v) is 4.30. The molecule has 0 saturated carbocycles.